The zero-order valence-electron chi connectivity index (χ0n) is 13.9. The highest BCUT2D eigenvalue weighted by Gasteiger charge is 2.16. The molecular weight excluding hydrogens is 302 g/mol. The molecule has 3 rings (SSSR count). The van der Waals surface area contributed by atoms with Crippen molar-refractivity contribution < 1.29 is 9.32 Å². The van der Waals surface area contributed by atoms with Gasteiger partial charge in [-0.2, -0.15) is 0 Å². The number of aromatic nitrogens is 2. The second kappa shape index (κ2) is 6.66. The molecule has 1 amide bonds. The van der Waals surface area contributed by atoms with E-state index in [9.17, 15) is 4.79 Å². The van der Waals surface area contributed by atoms with Crippen LogP contribution in [0.3, 0.4) is 0 Å². The number of hydrogen-bond donors (Lipinski definition) is 1. The van der Waals surface area contributed by atoms with Crippen molar-refractivity contribution in [2.45, 2.75) is 26.8 Å². The molecule has 0 saturated heterocycles. The molecule has 3 aromatic rings. The molecule has 5 nitrogen and oxygen atoms in total. The third-order valence-electron chi connectivity index (χ3n) is 3.92. The third kappa shape index (κ3) is 3.20. The van der Waals surface area contributed by atoms with E-state index in [1.807, 2.05) is 63.2 Å². The SMILES string of the molecule is Cc1noc(C)c1-c1cccc(C(=O)N[C@H](C)c2ccccc2)n1. The van der Waals surface area contributed by atoms with E-state index in [-0.39, 0.29) is 11.9 Å². The first-order valence-electron chi connectivity index (χ1n) is 7.82. The predicted molar refractivity (Wildman–Crippen MR) is 91.5 cm³/mol. The van der Waals surface area contributed by atoms with Gasteiger partial charge in [-0.1, -0.05) is 41.6 Å². The first-order chi connectivity index (χ1) is 11.6. The van der Waals surface area contributed by atoms with Gasteiger partial charge in [0.05, 0.1) is 23.0 Å². The van der Waals surface area contributed by atoms with Crippen molar-refractivity contribution in [2.24, 2.45) is 0 Å². The molecule has 0 radical (unpaired) electrons. The standard InChI is InChI=1S/C19H19N3O2/c1-12(15-8-5-4-6-9-15)20-19(23)17-11-7-10-16(21-17)18-13(2)22-24-14(18)3/h4-12H,1-3H3,(H,20,23)/t12-/m1/s1. The molecule has 1 N–H and O–H groups in total. The first-order valence-corrected chi connectivity index (χ1v) is 7.82. The molecule has 0 spiro atoms. The molecular formula is C19H19N3O2. The van der Waals surface area contributed by atoms with Crippen LogP contribution in [0.2, 0.25) is 0 Å². The van der Waals surface area contributed by atoms with Gasteiger partial charge in [-0.05, 0) is 38.5 Å². The maximum absolute atomic E-state index is 12.5. The topological polar surface area (TPSA) is 68.0 Å². The van der Waals surface area contributed by atoms with Crippen LogP contribution in [0.15, 0.2) is 53.1 Å². The van der Waals surface area contributed by atoms with Crippen molar-refractivity contribution in [3.05, 3.63) is 71.2 Å². The summed E-state index contributed by atoms with van der Waals surface area (Å²) in [6.07, 6.45) is 0. The van der Waals surface area contributed by atoms with Crippen LogP contribution in [-0.4, -0.2) is 16.0 Å². The molecule has 1 atom stereocenters. The average Bonchev–Trinajstić information content (AvgIpc) is 2.94. The second-order valence-electron chi connectivity index (χ2n) is 5.71. The van der Waals surface area contributed by atoms with E-state index in [4.69, 9.17) is 4.52 Å². The average molecular weight is 321 g/mol. The first kappa shape index (κ1) is 15.9. The molecule has 2 heterocycles. The molecule has 0 fully saturated rings. The molecule has 0 bridgehead atoms. The van der Waals surface area contributed by atoms with Gasteiger partial charge in [-0.25, -0.2) is 4.98 Å². The smallest absolute Gasteiger partial charge is 0.270 e. The zero-order valence-corrected chi connectivity index (χ0v) is 13.9. The second-order valence-corrected chi connectivity index (χ2v) is 5.71. The number of pyridine rings is 1. The van der Waals surface area contributed by atoms with E-state index in [2.05, 4.69) is 15.5 Å². The summed E-state index contributed by atoms with van der Waals surface area (Å²) in [7, 11) is 0. The molecule has 5 heteroatoms. The van der Waals surface area contributed by atoms with Crippen LogP contribution < -0.4 is 5.32 Å². The molecule has 122 valence electrons. The van der Waals surface area contributed by atoms with Gasteiger partial charge in [0, 0.05) is 0 Å². The molecule has 0 aliphatic carbocycles. The normalized spacial score (nSPS) is 12.0. The molecule has 24 heavy (non-hydrogen) atoms. The number of nitrogens with one attached hydrogen (secondary N) is 1. The van der Waals surface area contributed by atoms with Gasteiger partial charge in [0.15, 0.2) is 0 Å². The minimum absolute atomic E-state index is 0.0942. The van der Waals surface area contributed by atoms with Crippen LogP contribution in [0, 0.1) is 13.8 Å². The molecule has 0 saturated carbocycles. The molecule has 0 aliphatic rings. The lowest BCUT2D eigenvalue weighted by molar-refractivity contribution is 0.0935. The molecule has 0 aliphatic heterocycles. The predicted octanol–water partition coefficient (Wildman–Crippen LogP) is 3.84. The summed E-state index contributed by atoms with van der Waals surface area (Å²) >= 11 is 0. The highest BCUT2D eigenvalue weighted by Crippen LogP contribution is 2.25. The van der Waals surface area contributed by atoms with Crippen molar-refractivity contribution >= 4 is 5.91 Å². The van der Waals surface area contributed by atoms with Crippen LogP contribution in [-0.2, 0) is 0 Å². The number of amides is 1. The molecule has 1 aromatic carbocycles. The third-order valence-corrected chi connectivity index (χ3v) is 3.92. The Morgan fingerprint density at radius 2 is 1.83 bits per heavy atom. The maximum Gasteiger partial charge on any atom is 0.270 e. The van der Waals surface area contributed by atoms with Crippen LogP contribution in [0.1, 0.15) is 40.5 Å². The summed E-state index contributed by atoms with van der Waals surface area (Å²) in [4.78, 5) is 17.0. The summed E-state index contributed by atoms with van der Waals surface area (Å²) < 4.78 is 5.18. The Labute approximate surface area is 140 Å². The van der Waals surface area contributed by atoms with Crippen LogP contribution >= 0.6 is 0 Å². The zero-order chi connectivity index (χ0) is 17.1. The summed E-state index contributed by atoms with van der Waals surface area (Å²) in [6, 6.07) is 15.1. The van der Waals surface area contributed by atoms with Gasteiger partial charge in [0.2, 0.25) is 0 Å². The van der Waals surface area contributed by atoms with Crippen molar-refractivity contribution in [1.29, 1.82) is 0 Å². The lowest BCUT2D eigenvalue weighted by Gasteiger charge is -2.14. The van der Waals surface area contributed by atoms with E-state index in [0.29, 0.717) is 17.1 Å². The van der Waals surface area contributed by atoms with E-state index in [1.54, 1.807) is 6.07 Å². The Morgan fingerprint density at radius 1 is 1.08 bits per heavy atom. The Kier molecular flexibility index (Phi) is 4.42. The van der Waals surface area contributed by atoms with Crippen LogP contribution in [0.5, 0.6) is 0 Å². The van der Waals surface area contributed by atoms with Crippen LogP contribution in [0.4, 0.5) is 0 Å². The largest absolute Gasteiger partial charge is 0.361 e. The fourth-order valence-corrected chi connectivity index (χ4v) is 2.64. The number of hydrogen-bond acceptors (Lipinski definition) is 4. The minimum Gasteiger partial charge on any atom is -0.361 e. The number of rotatable bonds is 4. The van der Waals surface area contributed by atoms with Crippen molar-refractivity contribution in [2.75, 3.05) is 0 Å². The van der Waals surface area contributed by atoms with E-state index in [0.717, 1.165) is 16.8 Å². The van der Waals surface area contributed by atoms with Gasteiger partial charge in [-0.15, -0.1) is 0 Å². The van der Waals surface area contributed by atoms with Gasteiger partial charge >= 0.3 is 0 Å². The van der Waals surface area contributed by atoms with Gasteiger partial charge in [0.1, 0.15) is 11.5 Å². The van der Waals surface area contributed by atoms with Gasteiger partial charge in [0.25, 0.3) is 5.91 Å². The summed E-state index contributed by atoms with van der Waals surface area (Å²) in [6.45, 7) is 5.64. The van der Waals surface area contributed by atoms with Gasteiger partial charge < -0.3 is 9.84 Å². The molecule has 0 unspecified atom stereocenters. The number of benzene rings is 1. The fraction of sp³-hybridized carbons (Fsp3) is 0.211. The summed E-state index contributed by atoms with van der Waals surface area (Å²) in [5.74, 6) is 0.482. The minimum atomic E-state index is -0.208. The van der Waals surface area contributed by atoms with Gasteiger partial charge in [-0.3, -0.25) is 4.79 Å². The Morgan fingerprint density at radius 3 is 2.50 bits per heavy atom. The molecule has 2 aromatic heterocycles. The van der Waals surface area contributed by atoms with E-state index < -0.39 is 0 Å². The quantitative estimate of drug-likeness (QED) is 0.792. The lowest BCUT2D eigenvalue weighted by Crippen LogP contribution is -2.27. The van der Waals surface area contributed by atoms with Crippen molar-refractivity contribution in [1.82, 2.24) is 15.5 Å². The van der Waals surface area contributed by atoms with Crippen molar-refractivity contribution in [3.8, 4) is 11.3 Å². The number of carbonyl (C=O) groups is 1. The van der Waals surface area contributed by atoms with E-state index in [1.165, 1.54) is 0 Å². The lowest BCUT2D eigenvalue weighted by atomic mass is 10.1. The number of aryl methyl sites for hydroxylation is 2. The highest BCUT2D eigenvalue weighted by atomic mass is 16.5. The fourth-order valence-electron chi connectivity index (χ4n) is 2.64. The number of nitrogens with zero attached hydrogens (tertiary/aromatic N) is 2. The Hall–Kier alpha value is -2.95. The van der Waals surface area contributed by atoms with E-state index >= 15 is 0 Å². The van der Waals surface area contributed by atoms with Crippen molar-refractivity contribution in [3.63, 3.8) is 0 Å². The highest BCUT2D eigenvalue weighted by molar-refractivity contribution is 5.93. The Bertz CT molecular complexity index is 837. The number of carbonyl (C=O) groups excluding carboxylic acids is 1. The summed E-state index contributed by atoms with van der Waals surface area (Å²) in [5.41, 5.74) is 3.70. The Balaban J connectivity index is 1.83. The monoisotopic (exact) mass is 321 g/mol. The maximum atomic E-state index is 12.5. The summed E-state index contributed by atoms with van der Waals surface area (Å²) in [5, 5.41) is 6.91. The van der Waals surface area contributed by atoms with Crippen LogP contribution in [0.25, 0.3) is 11.3 Å².